The van der Waals surface area contributed by atoms with Gasteiger partial charge in [0.2, 0.25) is 14.9 Å². The SMILES string of the molecule is O=S1(=O)CC[S+]([O-])C1. The van der Waals surface area contributed by atoms with Gasteiger partial charge in [-0.2, -0.15) is 0 Å². The standard InChI is InChI=1S/C3H6O3S2/c4-7-1-2-8(5,6)3-7/h1-3H2. The Morgan fingerprint density at radius 1 is 1.50 bits per heavy atom. The van der Waals surface area contributed by atoms with E-state index in [9.17, 15) is 13.0 Å². The quantitative estimate of drug-likeness (QED) is 0.426. The lowest BCUT2D eigenvalue weighted by Crippen LogP contribution is -2.03. The molecule has 1 heterocycles. The van der Waals surface area contributed by atoms with Crippen LogP contribution in [-0.4, -0.2) is 29.6 Å². The first kappa shape index (κ1) is 6.38. The first-order valence-corrected chi connectivity index (χ1v) is 5.46. The van der Waals surface area contributed by atoms with Gasteiger partial charge in [0.15, 0.2) is 0 Å². The molecule has 1 saturated heterocycles. The molecule has 1 aliphatic heterocycles. The average molecular weight is 154 g/mol. The Labute approximate surface area is 51.2 Å². The molecule has 1 fully saturated rings. The van der Waals surface area contributed by atoms with E-state index in [0.29, 0.717) is 5.75 Å². The van der Waals surface area contributed by atoms with Gasteiger partial charge in [0.25, 0.3) is 0 Å². The van der Waals surface area contributed by atoms with Crippen LogP contribution in [0.25, 0.3) is 0 Å². The van der Waals surface area contributed by atoms with E-state index in [1.165, 1.54) is 0 Å². The van der Waals surface area contributed by atoms with Gasteiger partial charge in [0.1, 0.15) is 5.75 Å². The van der Waals surface area contributed by atoms with Gasteiger partial charge in [-0.1, -0.05) is 0 Å². The highest BCUT2D eigenvalue weighted by Crippen LogP contribution is 2.08. The molecule has 0 spiro atoms. The van der Waals surface area contributed by atoms with E-state index >= 15 is 0 Å². The van der Waals surface area contributed by atoms with Crippen LogP contribution in [0.4, 0.5) is 0 Å². The summed E-state index contributed by atoms with van der Waals surface area (Å²) >= 11 is -1.08. The number of rotatable bonds is 0. The minimum Gasteiger partial charge on any atom is -0.616 e. The lowest BCUT2D eigenvalue weighted by molar-refractivity contribution is 0.598. The van der Waals surface area contributed by atoms with Crippen LogP contribution in [0.15, 0.2) is 0 Å². The summed E-state index contributed by atoms with van der Waals surface area (Å²) in [4.78, 5) is 0. The molecule has 0 aromatic heterocycles. The number of hydrogen-bond acceptors (Lipinski definition) is 3. The summed E-state index contributed by atoms with van der Waals surface area (Å²) in [5.74, 6) is 0.446. The van der Waals surface area contributed by atoms with Crippen LogP contribution >= 0.6 is 0 Å². The zero-order valence-electron chi connectivity index (χ0n) is 4.16. The summed E-state index contributed by atoms with van der Waals surface area (Å²) in [7, 11) is -2.90. The molecule has 0 saturated carbocycles. The van der Waals surface area contributed by atoms with Crippen LogP contribution in [0.5, 0.6) is 0 Å². The van der Waals surface area contributed by atoms with Crippen molar-refractivity contribution in [2.45, 2.75) is 0 Å². The smallest absolute Gasteiger partial charge is 0.205 e. The Morgan fingerprint density at radius 2 is 2.12 bits per heavy atom. The van der Waals surface area contributed by atoms with E-state index in [0.717, 1.165) is 0 Å². The maximum Gasteiger partial charge on any atom is 0.205 e. The monoisotopic (exact) mass is 154 g/mol. The van der Waals surface area contributed by atoms with E-state index < -0.39 is 21.0 Å². The maximum absolute atomic E-state index is 10.4. The Kier molecular flexibility index (Phi) is 1.51. The normalized spacial score (nSPS) is 35.4. The van der Waals surface area contributed by atoms with Crippen molar-refractivity contribution in [3.8, 4) is 0 Å². The molecule has 0 radical (unpaired) electrons. The Bertz CT molecular complexity index is 171. The molecular weight excluding hydrogens is 148 g/mol. The first-order chi connectivity index (χ1) is 3.60. The summed E-state index contributed by atoms with van der Waals surface area (Å²) in [5, 5.41) is -0.118. The zero-order valence-corrected chi connectivity index (χ0v) is 5.80. The van der Waals surface area contributed by atoms with E-state index in [2.05, 4.69) is 0 Å². The topological polar surface area (TPSA) is 57.2 Å². The molecule has 0 aromatic rings. The molecule has 8 heavy (non-hydrogen) atoms. The van der Waals surface area contributed by atoms with Gasteiger partial charge >= 0.3 is 0 Å². The van der Waals surface area contributed by atoms with Crippen molar-refractivity contribution >= 4 is 21.0 Å². The Balaban J connectivity index is 2.71. The largest absolute Gasteiger partial charge is 0.616 e. The lowest BCUT2D eigenvalue weighted by atomic mass is 11.0. The van der Waals surface area contributed by atoms with Crippen LogP contribution in [0.2, 0.25) is 0 Å². The predicted octanol–water partition coefficient (Wildman–Crippen LogP) is -0.879. The van der Waals surface area contributed by atoms with E-state index in [1.54, 1.807) is 0 Å². The molecule has 0 N–H and O–H groups in total. The molecule has 0 aromatic carbocycles. The predicted molar refractivity (Wildman–Crippen MR) is 31.7 cm³/mol. The Hall–Kier alpha value is 0.260. The van der Waals surface area contributed by atoms with E-state index in [-0.39, 0.29) is 10.8 Å². The van der Waals surface area contributed by atoms with Crippen LogP contribution in [0.3, 0.4) is 0 Å². The van der Waals surface area contributed by atoms with Gasteiger partial charge in [-0.05, 0) is 11.2 Å². The summed E-state index contributed by atoms with van der Waals surface area (Å²) in [5.41, 5.74) is 0. The van der Waals surface area contributed by atoms with Crippen LogP contribution < -0.4 is 0 Å². The highest BCUT2D eigenvalue weighted by molar-refractivity contribution is 8.11. The minimum absolute atomic E-state index is 0.111. The van der Waals surface area contributed by atoms with Gasteiger partial charge in [-0.15, -0.1) is 0 Å². The van der Waals surface area contributed by atoms with Crippen LogP contribution in [0, 0.1) is 0 Å². The zero-order chi connectivity index (χ0) is 6.20. The van der Waals surface area contributed by atoms with E-state index in [1.807, 2.05) is 0 Å². The molecule has 1 aliphatic rings. The first-order valence-electron chi connectivity index (χ1n) is 2.15. The Morgan fingerprint density at radius 3 is 2.25 bits per heavy atom. The van der Waals surface area contributed by atoms with Crippen molar-refractivity contribution in [3.63, 3.8) is 0 Å². The molecule has 0 bridgehead atoms. The third-order valence-corrected chi connectivity index (χ3v) is 5.17. The molecule has 48 valence electrons. The third kappa shape index (κ3) is 1.37. The van der Waals surface area contributed by atoms with Gasteiger partial charge in [-0.3, -0.25) is 0 Å². The van der Waals surface area contributed by atoms with Crippen molar-refractivity contribution in [1.29, 1.82) is 0 Å². The molecular formula is C3H6O3S2. The molecule has 0 aliphatic carbocycles. The molecule has 3 nitrogen and oxygen atoms in total. The third-order valence-electron chi connectivity index (χ3n) is 0.933. The van der Waals surface area contributed by atoms with Gasteiger partial charge in [0, 0.05) is 0 Å². The van der Waals surface area contributed by atoms with Gasteiger partial charge in [0.05, 0.1) is 5.75 Å². The molecule has 1 atom stereocenters. The second kappa shape index (κ2) is 1.89. The molecule has 5 heteroatoms. The fourth-order valence-corrected chi connectivity index (χ4v) is 4.84. The van der Waals surface area contributed by atoms with Crippen LogP contribution in [-0.2, 0) is 21.0 Å². The van der Waals surface area contributed by atoms with Crippen molar-refractivity contribution in [3.05, 3.63) is 0 Å². The van der Waals surface area contributed by atoms with Crippen molar-refractivity contribution in [2.75, 3.05) is 16.6 Å². The summed E-state index contributed by atoms with van der Waals surface area (Å²) in [6.45, 7) is 0. The fourth-order valence-electron chi connectivity index (χ4n) is 0.538. The van der Waals surface area contributed by atoms with Crippen molar-refractivity contribution in [1.82, 2.24) is 0 Å². The highest BCUT2D eigenvalue weighted by Gasteiger charge is 2.29. The van der Waals surface area contributed by atoms with E-state index in [4.69, 9.17) is 0 Å². The van der Waals surface area contributed by atoms with Crippen molar-refractivity contribution in [2.24, 2.45) is 0 Å². The highest BCUT2D eigenvalue weighted by atomic mass is 32.3. The second-order valence-corrected chi connectivity index (χ2v) is 5.84. The summed E-state index contributed by atoms with van der Waals surface area (Å²) in [6, 6.07) is 0. The molecule has 1 rings (SSSR count). The minimum atomic E-state index is -2.90. The van der Waals surface area contributed by atoms with Gasteiger partial charge < -0.3 is 4.55 Å². The lowest BCUT2D eigenvalue weighted by Gasteiger charge is -1.94. The maximum atomic E-state index is 10.4. The number of hydrogen-bond donors (Lipinski definition) is 0. The average Bonchev–Trinajstić information content (AvgIpc) is 1.82. The fraction of sp³-hybridized carbons (Fsp3) is 1.00. The summed E-state index contributed by atoms with van der Waals surface area (Å²) in [6.07, 6.45) is 0. The van der Waals surface area contributed by atoms with Crippen LogP contribution in [0.1, 0.15) is 0 Å². The second-order valence-electron chi connectivity index (χ2n) is 1.71. The van der Waals surface area contributed by atoms with Gasteiger partial charge in [-0.25, -0.2) is 8.42 Å². The van der Waals surface area contributed by atoms with Crippen molar-refractivity contribution < 1.29 is 13.0 Å². The summed E-state index contributed by atoms with van der Waals surface area (Å²) < 4.78 is 31.3. The number of sulfone groups is 1. The molecule has 0 amide bonds. The molecule has 1 unspecified atom stereocenters.